The topological polar surface area (TPSA) is 30.7 Å². The van der Waals surface area contributed by atoms with Gasteiger partial charge in [0.1, 0.15) is 17.5 Å². The van der Waals surface area contributed by atoms with Gasteiger partial charge in [-0.15, -0.1) is 10.2 Å². The average molecular weight is 400 g/mol. The van der Waals surface area contributed by atoms with Gasteiger partial charge < -0.3 is 0 Å². The molecule has 0 spiro atoms. The molecule has 1 aromatic heterocycles. The van der Waals surface area contributed by atoms with Gasteiger partial charge in [0.25, 0.3) is 0 Å². The van der Waals surface area contributed by atoms with E-state index in [0.29, 0.717) is 17.2 Å². The molecule has 0 saturated heterocycles. The second kappa shape index (κ2) is 8.43. The highest BCUT2D eigenvalue weighted by Crippen LogP contribution is 2.36. The molecule has 0 aliphatic heterocycles. The minimum Gasteiger partial charge on any atom is -0.274 e. The Morgan fingerprint density at radius 2 is 1.82 bits per heavy atom. The van der Waals surface area contributed by atoms with Gasteiger partial charge in [0.05, 0.1) is 5.69 Å². The zero-order valence-corrected chi connectivity index (χ0v) is 16.7. The number of thioether (sulfide) groups is 1. The van der Waals surface area contributed by atoms with Crippen molar-refractivity contribution in [2.45, 2.75) is 55.9 Å². The van der Waals surface area contributed by atoms with Crippen molar-refractivity contribution >= 4 is 11.8 Å². The zero-order valence-electron chi connectivity index (χ0n) is 15.9. The van der Waals surface area contributed by atoms with Crippen LogP contribution in [0.5, 0.6) is 0 Å². The number of para-hydroxylation sites is 1. The Kier molecular flexibility index (Phi) is 5.76. The molecule has 28 heavy (non-hydrogen) atoms. The van der Waals surface area contributed by atoms with E-state index in [1.54, 1.807) is 0 Å². The number of aryl methyl sites for hydroxylation is 1. The summed E-state index contributed by atoms with van der Waals surface area (Å²) in [5.74, 6) is 0.686. The number of nitrogens with zero attached hydrogens (tertiary/aromatic N) is 3. The molecule has 0 bridgehead atoms. The molecule has 0 atom stereocenters. The zero-order chi connectivity index (χ0) is 19.5. The molecule has 1 heterocycles. The molecule has 1 aliphatic carbocycles. The second-order valence-corrected chi connectivity index (χ2v) is 8.26. The van der Waals surface area contributed by atoms with Gasteiger partial charge in [-0.05, 0) is 43.0 Å². The normalized spacial score (nSPS) is 15.1. The summed E-state index contributed by atoms with van der Waals surface area (Å²) < 4.78 is 29.4. The smallest absolute Gasteiger partial charge is 0.196 e. The van der Waals surface area contributed by atoms with Gasteiger partial charge in [0, 0.05) is 17.7 Å². The third-order valence-electron chi connectivity index (χ3n) is 5.36. The molecule has 0 radical (unpaired) electrons. The Balaban J connectivity index is 1.68. The lowest BCUT2D eigenvalue weighted by atomic mass is 9.88. The quantitative estimate of drug-likeness (QED) is 0.479. The number of halogens is 2. The van der Waals surface area contributed by atoms with Crippen LogP contribution in [0.3, 0.4) is 0 Å². The molecule has 2 aromatic carbocycles. The Morgan fingerprint density at radius 3 is 2.57 bits per heavy atom. The summed E-state index contributed by atoms with van der Waals surface area (Å²) >= 11 is 1.44. The van der Waals surface area contributed by atoms with E-state index in [2.05, 4.69) is 33.8 Å². The molecular formula is C22H23F2N3S. The molecule has 1 aliphatic rings. The molecule has 1 fully saturated rings. The van der Waals surface area contributed by atoms with E-state index in [0.717, 1.165) is 41.1 Å². The fourth-order valence-corrected chi connectivity index (χ4v) is 4.76. The standard InChI is InChI=1S/C22H23F2N3S/c1-15-7-5-6-10-20(15)27-21(16-8-3-2-4-9-16)25-26-22(27)28-14-17-11-12-18(23)13-19(17)24/h5-7,10-13,16H,2-4,8-9,14H2,1H3. The first-order valence-electron chi connectivity index (χ1n) is 9.71. The second-order valence-electron chi connectivity index (χ2n) is 7.32. The van der Waals surface area contributed by atoms with Crippen LogP contribution in [0.15, 0.2) is 47.6 Å². The summed E-state index contributed by atoms with van der Waals surface area (Å²) in [6, 6.07) is 11.9. The van der Waals surface area contributed by atoms with Crippen molar-refractivity contribution in [3.05, 3.63) is 71.1 Å². The number of rotatable bonds is 5. The van der Waals surface area contributed by atoms with Crippen LogP contribution in [0, 0.1) is 18.6 Å². The van der Waals surface area contributed by atoms with Gasteiger partial charge in [-0.25, -0.2) is 8.78 Å². The van der Waals surface area contributed by atoms with Crippen LogP contribution < -0.4 is 0 Å². The van der Waals surface area contributed by atoms with Gasteiger partial charge in [0.15, 0.2) is 5.16 Å². The van der Waals surface area contributed by atoms with Crippen molar-refractivity contribution < 1.29 is 8.78 Å². The molecule has 0 unspecified atom stereocenters. The van der Waals surface area contributed by atoms with Crippen LogP contribution in [0.4, 0.5) is 8.78 Å². The van der Waals surface area contributed by atoms with Crippen LogP contribution >= 0.6 is 11.8 Å². The van der Waals surface area contributed by atoms with E-state index >= 15 is 0 Å². The van der Waals surface area contributed by atoms with Crippen molar-refractivity contribution in [3.8, 4) is 5.69 Å². The van der Waals surface area contributed by atoms with E-state index in [-0.39, 0.29) is 0 Å². The predicted molar refractivity (Wildman–Crippen MR) is 108 cm³/mol. The largest absolute Gasteiger partial charge is 0.274 e. The maximum atomic E-state index is 14.0. The van der Waals surface area contributed by atoms with Crippen LogP contribution in [-0.4, -0.2) is 14.8 Å². The Morgan fingerprint density at radius 1 is 1.04 bits per heavy atom. The summed E-state index contributed by atoms with van der Waals surface area (Å²) in [5, 5.41) is 9.74. The summed E-state index contributed by atoms with van der Waals surface area (Å²) in [5.41, 5.74) is 2.68. The third kappa shape index (κ3) is 3.97. The molecule has 146 valence electrons. The number of benzene rings is 2. The maximum absolute atomic E-state index is 14.0. The Labute approximate surface area is 168 Å². The number of hydrogen-bond donors (Lipinski definition) is 0. The first kappa shape index (κ1) is 19.1. The number of aromatic nitrogens is 3. The third-order valence-corrected chi connectivity index (χ3v) is 6.33. The highest BCUT2D eigenvalue weighted by atomic mass is 32.2. The molecule has 0 amide bonds. The van der Waals surface area contributed by atoms with Crippen molar-refractivity contribution in [1.29, 1.82) is 0 Å². The van der Waals surface area contributed by atoms with Crippen LogP contribution in [-0.2, 0) is 5.75 Å². The summed E-state index contributed by atoms with van der Waals surface area (Å²) in [4.78, 5) is 0. The van der Waals surface area contributed by atoms with Crippen LogP contribution in [0.25, 0.3) is 5.69 Å². The molecular weight excluding hydrogens is 376 g/mol. The van der Waals surface area contributed by atoms with Crippen molar-refractivity contribution in [2.75, 3.05) is 0 Å². The van der Waals surface area contributed by atoms with Crippen LogP contribution in [0.1, 0.15) is 55.0 Å². The van der Waals surface area contributed by atoms with E-state index in [1.807, 2.05) is 12.1 Å². The first-order chi connectivity index (χ1) is 13.6. The van der Waals surface area contributed by atoms with E-state index in [1.165, 1.54) is 43.2 Å². The van der Waals surface area contributed by atoms with E-state index < -0.39 is 11.6 Å². The molecule has 0 N–H and O–H groups in total. The highest BCUT2D eigenvalue weighted by Gasteiger charge is 2.25. The lowest BCUT2D eigenvalue weighted by Crippen LogP contribution is -2.12. The summed E-state index contributed by atoms with van der Waals surface area (Å²) in [7, 11) is 0. The molecule has 3 nitrogen and oxygen atoms in total. The van der Waals surface area contributed by atoms with Gasteiger partial charge in [-0.3, -0.25) is 4.57 Å². The van der Waals surface area contributed by atoms with Crippen molar-refractivity contribution in [3.63, 3.8) is 0 Å². The Bertz CT molecular complexity index is 964. The van der Waals surface area contributed by atoms with E-state index in [4.69, 9.17) is 0 Å². The fraction of sp³-hybridized carbons (Fsp3) is 0.364. The van der Waals surface area contributed by atoms with Crippen LogP contribution in [0.2, 0.25) is 0 Å². The van der Waals surface area contributed by atoms with Gasteiger partial charge >= 0.3 is 0 Å². The molecule has 3 aromatic rings. The molecule has 1 saturated carbocycles. The minimum atomic E-state index is -0.561. The van der Waals surface area contributed by atoms with Gasteiger partial charge in [-0.2, -0.15) is 0 Å². The monoisotopic (exact) mass is 399 g/mol. The lowest BCUT2D eigenvalue weighted by molar-refractivity contribution is 0.423. The fourth-order valence-electron chi connectivity index (χ4n) is 3.82. The maximum Gasteiger partial charge on any atom is 0.196 e. The first-order valence-corrected chi connectivity index (χ1v) is 10.7. The summed E-state index contributed by atoms with van der Waals surface area (Å²) in [6.07, 6.45) is 5.96. The SMILES string of the molecule is Cc1ccccc1-n1c(SCc2ccc(F)cc2F)nnc1C1CCCCC1. The highest BCUT2D eigenvalue weighted by molar-refractivity contribution is 7.98. The van der Waals surface area contributed by atoms with Crippen molar-refractivity contribution in [2.24, 2.45) is 0 Å². The average Bonchev–Trinajstić information content (AvgIpc) is 3.12. The Hall–Kier alpha value is -2.21. The molecule has 4 rings (SSSR count). The predicted octanol–water partition coefficient (Wildman–Crippen LogP) is 6.19. The lowest BCUT2D eigenvalue weighted by Gasteiger charge is -2.22. The summed E-state index contributed by atoms with van der Waals surface area (Å²) in [6.45, 7) is 2.08. The van der Waals surface area contributed by atoms with E-state index in [9.17, 15) is 8.78 Å². The number of hydrogen-bond acceptors (Lipinski definition) is 3. The molecule has 6 heteroatoms. The van der Waals surface area contributed by atoms with Crippen molar-refractivity contribution in [1.82, 2.24) is 14.8 Å². The van der Waals surface area contributed by atoms with Gasteiger partial charge in [0.2, 0.25) is 0 Å². The van der Waals surface area contributed by atoms with Gasteiger partial charge in [-0.1, -0.05) is 55.3 Å². The minimum absolute atomic E-state index is 0.376.